The predicted molar refractivity (Wildman–Crippen MR) is 53.4 cm³/mol. The van der Waals surface area contributed by atoms with E-state index in [0.717, 1.165) is 0 Å². The summed E-state index contributed by atoms with van der Waals surface area (Å²) in [7, 11) is 0. The number of carboxylic acids is 1. The number of aliphatic carboxylic acids is 1. The van der Waals surface area contributed by atoms with Gasteiger partial charge in [0.05, 0.1) is 22.7 Å². The number of aryl methyl sites for hydroxylation is 1. The monoisotopic (exact) mass is 216 g/mol. The smallest absolute Gasteiger partial charge is 0.310 e. The van der Waals surface area contributed by atoms with Crippen LogP contribution in [-0.2, 0) is 11.3 Å². The second-order valence-corrected chi connectivity index (χ2v) is 4.36. The molecule has 0 fully saturated rings. The van der Waals surface area contributed by atoms with Crippen LogP contribution >= 0.6 is 11.6 Å². The lowest BCUT2D eigenvalue weighted by Gasteiger charge is -2.18. The normalized spacial score (nSPS) is 11.7. The van der Waals surface area contributed by atoms with Gasteiger partial charge in [-0.25, -0.2) is 0 Å². The van der Waals surface area contributed by atoms with Crippen LogP contribution in [0, 0.1) is 12.3 Å². The fraction of sp³-hybridized carbons (Fsp3) is 0.556. The summed E-state index contributed by atoms with van der Waals surface area (Å²) in [5.74, 6) is -0.846. The van der Waals surface area contributed by atoms with Crippen LogP contribution < -0.4 is 0 Å². The zero-order valence-electron chi connectivity index (χ0n) is 8.41. The van der Waals surface area contributed by atoms with E-state index >= 15 is 0 Å². The number of hydrogen-bond donors (Lipinski definition) is 1. The molecule has 0 bridgehead atoms. The Labute approximate surface area is 87.5 Å². The zero-order chi connectivity index (χ0) is 10.9. The van der Waals surface area contributed by atoms with Crippen molar-refractivity contribution in [2.75, 3.05) is 0 Å². The van der Waals surface area contributed by atoms with E-state index in [4.69, 9.17) is 16.7 Å². The van der Waals surface area contributed by atoms with Crippen LogP contribution in [0.2, 0.25) is 5.02 Å². The van der Waals surface area contributed by atoms with Crippen LogP contribution in [0.5, 0.6) is 0 Å². The van der Waals surface area contributed by atoms with Crippen molar-refractivity contribution >= 4 is 17.6 Å². The quantitative estimate of drug-likeness (QED) is 0.841. The minimum atomic E-state index is -0.846. The minimum absolute atomic E-state index is 0.315. The van der Waals surface area contributed by atoms with Crippen LogP contribution in [0.15, 0.2) is 6.20 Å². The highest BCUT2D eigenvalue weighted by molar-refractivity contribution is 6.31. The van der Waals surface area contributed by atoms with Gasteiger partial charge in [0.25, 0.3) is 0 Å². The first-order chi connectivity index (χ1) is 6.33. The lowest BCUT2D eigenvalue weighted by Crippen LogP contribution is -2.29. The third-order valence-electron chi connectivity index (χ3n) is 2.02. The lowest BCUT2D eigenvalue weighted by molar-refractivity contribution is -0.147. The fourth-order valence-corrected chi connectivity index (χ4v) is 1.20. The van der Waals surface area contributed by atoms with Crippen LogP contribution in [0.1, 0.15) is 19.5 Å². The Morgan fingerprint density at radius 3 is 2.64 bits per heavy atom. The van der Waals surface area contributed by atoms with Gasteiger partial charge in [0, 0.05) is 6.20 Å². The molecule has 0 aliphatic carbocycles. The number of hydrogen-bond acceptors (Lipinski definition) is 2. The molecule has 0 aliphatic rings. The summed E-state index contributed by atoms with van der Waals surface area (Å²) < 4.78 is 1.56. The first-order valence-corrected chi connectivity index (χ1v) is 4.63. The molecule has 1 N–H and O–H groups in total. The molecule has 5 heteroatoms. The summed E-state index contributed by atoms with van der Waals surface area (Å²) in [5.41, 5.74) is -0.116. The van der Waals surface area contributed by atoms with Crippen molar-refractivity contribution in [3.05, 3.63) is 16.9 Å². The molecule has 0 unspecified atom stereocenters. The van der Waals surface area contributed by atoms with Gasteiger partial charge < -0.3 is 5.11 Å². The lowest BCUT2D eigenvalue weighted by atomic mass is 9.94. The Morgan fingerprint density at radius 1 is 1.71 bits per heavy atom. The van der Waals surface area contributed by atoms with E-state index < -0.39 is 11.4 Å². The number of aromatic nitrogens is 2. The van der Waals surface area contributed by atoms with Gasteiger partial charge in [-0.1, -0.05) is 11.6 Å². The van der Waals surface area contributed by atoms with Crippen molar-refractivity contribution in [1.29, 1.82) is 0 Å². The van der Waals surface area contributed by atoms with E-state index in [1.165, 1.54) is 0 Å². The molecular formula is C9H13ClN2O2. The van der Waals surface area contributed by atoms with Crippen molar-refractivity contribution < 1.29 is 9.90 Å². The van der Waals surface area contributed by atoms with Gasteiger partial charge in [-0.05, 0) is 20.8 Å². The molecule has 1 heterocycles. The van der Waals surface area contributed by atoms with Crippen LogP contribution in [0.3, 0.4) is 0 Å². The van der Waals surface area contributed by atoms with E-state index in [9.17, 15) is 4.79 Å². The molecule has 1 aromatic rings. The highest BCUT2D eigenvalue weighted by Gasteiger charge is 2.28. The zero-order valence-corrected chi connectivity index (χ0v) is 9.17. The summed E-state index contributed by atoms with van der Waals surface area (Å²) in [6.07, 6.45) is 1.64. The molecule has 0 spiro atoms. The Hall–Kier alpha value is -1.03. The van der Waals surface area contributed by atoms with E-state index in [1.807, 2.05) is 0 Å². The Morgan fingerprint density at radius 2 is 2.29 bits per heavy atom. The van der Waals surface area contributed by atoms with Gasteiger partial charge in [-0.15, -0.1) is 0 Å². The highest BCUT2D eigenvalue weighted by atomic mass is 35.5. The second-order valence-electron chi connectivity index (χ2n) is 3.95. The van der Waals surface area contributed by atoms with Crippen molar-refractivity contribution in [2.24, 2.45) is 5.41 Å². The van der Waals surface area contributed by atoms with Crippen molar-refractivity contribution in [1.82, 2.24) is 9.78 Å². The number of carbonyl (C=O) groups is 1. The molecular weight excluding hydrogens is 204 g/mol. The van der Waals surface area contributed by atoms with Crippen LogP contribution in [-0.4, -0.2) is 20.9 Å². The van der Waals surface area contributed by atoms with Crippen LogP contribution in [0.4, 0.5) is 0 Å². The van der Waals surface area contributed by atoms with Gasteiger partial charge >= 0.3 is 5.97 Å². The molecule has 0 aliphatic heterocycles. The SMILES string of the molecule is Cc1nn(CC(C)(C)C(=O)O)cc1Cl. The standard InChI is InChI=1S/C9H13ClN2O2/c1-6-7(10)4-12(11-6)5-9(2,3)8(13)14/h4H,5H2,1-3H3,(H,13,14). The maximum atomic E-state index is 10.8. The molecule has 0 amide bonds. The molecule has 0 radical (unpaired) electrons. The number of carboxylic acid groups (broad SMARTS) is 1. The topological polar surface area (TPSA) is 55.1 Å². The Bertz CT molecular complexity index is 338. The summed E-state index contributed by atoms with van der Waals surface area (Å²) >= 11 is 5.81. The molecule has 14 heavy (non-hydrogen) atoms. The average molecular weight is 217 g/mol. The first kappa shape index (κ1) is 11.0. The first-order valence-electron chi connectivity index (χ1n) is 4.26. The fourth-order valence-electron chi connectivity index (χ4n) is 1.05. The van der Waals surface area contributed by atoms with Crippen molar-refractivity contribution in [3.63, 3.8) is 0 Å². The Kier molecular flexibility index (Phi) is 2.85. The van der Waals surface area contributed by atoms with E-state index in [2.05, 4.69) is 5.10 Å². The Balaban J connectivity index is 2.84. The summed E-state index contributed by atoms with van der Waals surface area (Å²) in [5, 5.41) is 13.6. The molecule has 0 saturated heterocycles. The third-order valence-corrected chi connectivity index (χ3v) is 2.39. The maximum absolute atomic E-state index is 10.8. The molecule has 1 rings (SSSR count). The minimum Gasteiger partial charge on any atom is -0.481 e. The average Bonchev–Trinajstić information content (AvgIpc) is 2.29. The third kappa shape index (κ3) is 2.26. The van der Waals surface area contributed by atoms with E-state index in [0.29, 0.717) is 17.3 Å². The number of halogens is 1. The maximum Gasteiger partial charge on any atom is 0.310 e. The van der Waals surface area contributed by atoms with Crippen molar-refractivity contribution in [3.8, 4) is 0 Å². The molecule has 4 nitrogen and oxygen atoms in total. The van der Waals surface area contributed by atoms with Gasteiger partial charge in [0.1, 0.15) is 0 Å². The summed E-state index contributed by atoms with van der Waals surface area (Å²) in [6, 6.07) is 0. The van der Waals surface area contributed by atoms with Gasteiger partial charge in [0.2, 0.25) is 0 Å². The molecule has 0 saturated carbocycles. The van der Waals surface area contributed by atoms with Gasteiger partial charge in [0.15, 0.2) is 0 Å². The number of nitrogens with zero attached hydrogens (tertiary/aromatic N) is 2. The predicted octanol–water partition coefficient (Wildman–Crippen LogP) is 1.96. The van der Waals surface area contributed by atoms with E-state index in [-0.39, 0.29) is 0 Å². The van der Waals surface area contributed by atoms with E-state index in [1.54, 1.807) is 31.6 Å². The molecule has 0 atom stereocenters. The highest BCUT2D eigenvalue weighted by Crippen LogP contribution is 2.20. The van der Waals surface area contributed by atoms with Gasteiger partial charge in [-0.2, -0.15) is 5.10 Å². The molecule has 78 valence electrons. The largest absolute Gasteiger partial charge is 0.481 e. The van der Waals surface area contributed by atoms with Crippen molar-refractivity contribution in [2.45, 2.75) is 27.3 Å². The van der Waals surface area contributed by atoms with Gasteiger partial charge in [-0.3, -0.25) is 9.48 Å². The molecule has 0 aromatic carbocycles. The second kappa shape index (κ2) is 3.61. The molecule has 1 aromatic heterocycles. The van der Waals surface area contributed by atoms with Crippen LogP contribution in [0.25, 0.3) is 0 Å². The summed E-state index contributed by atoms with van der Waals surface area (Å²) in [6.45, 7) is 5.41. The number of rotatable bonds is 3. The summed E-state index contributed by atoms with van der Waals surface area (Å²) in [4.78, 5) is 10.8.